The van der Waals surface area contributed by atoms with Crippen molar-refractivity contribution < 1.29 is 4.79 Å². The molecule has 0 aliphatic carbocycles. The third-order valence-electron chi connectivity index (χ3n) is 5.65. The number of nitrogens with one attached hydrogen (secondary N) is 1. The fourth-order valence-corrected chi connectivity index (χ4v) is 4.28. The molecule has 2 aromatic heterocycles. The van der Waals surface area contributed by atoms with Crippen molar-refractivity contribution in [1.29, 1.82) is 0 Å². The van der Waals surface area contributed by atoms with Crippen LogP contribution in [0.5, 0.6) is 0 Å². The molecule has 4 aromatic rings. The lowest BCUT2D eigenvalue weighted by atomic mass is 10.0. The van der Waals surface area contributed by atoms with Gasteiger partial charge in [0.25, 0.3) is 5.91 Å². The number of para-hydroxylation sites is 2. The standard InChI is InChI=1S/C27H24ClN3O2/c1-4-19-9-7-8-17(2)25(19)30-27(33)24-23(32)16-18(3)31(22-11-6-5-10-21(22)28)26(24)20-12-14-29-15-13-20/h5-16H,4H2,1-3H3,(H,30,33). The van der Waals surface area contributed by atoms with Gasteiger partial charge in [-0.05, 0) is 55.7 Å². The molecule has 4 rings (SSSR count). The quantitative estimate of drug-likeness (QED) is 0.400. The molecule has 6 heteroatoms. The number of hydrogen-bond donors (Lipinski definition) is 1. The fourth-order valence-electron chi connectivity index (χ4n) is 4.06. The first-order valence-electron chi connectivity index (χ1n) is 10.7. The van der Waals surface area contributed by atoms with Gasteiger partial charge in [0.15, 0.2) is 5.43 Å². The van der Waals surface area contributed by atoms with E-state index in [9.17, 15) is 9.59 Å². The first-order valence-corrected chi connectivity index (χ1v) is 11.1. The number of hydrogen-bond acceptors (Lipinski definition) is 3. The molecular formula is C27H24ClN3O2. The normalized spacial score (nSPS) is 10.8. The molecule has 0 saturated carbocycles. The minimum absolute atomic E-state index is 0.0528. The average Bonchev–Trinajstić information content (AvgIpc) is 2.81. The van der Waals surface area contributed by atoms with Gasteiger partial charge in [-0.15, -0.1) is 0 Å². The van der Waals surface area contributed by atoms with Gasteiger partial charge in [-0.1, -0.05) is 48.9 Å². The molecule has 0 bridgehead atoms. The zero-order valence-corrected chi connectivity index (χ0v) is 19.5. The monoisotopic (exact) mass is 457 g/mol. The molecule has 1 N–H and O–H groups in total. The Morgan fingerprint density at radius 3 is 2.45 bits per heavy atom. The minimum atomic E-state index is -0.461. The molecule has 2 aromatic carbocycles. The van der Waals surface area contributed by atoms with Crippen molar-refractivity contribution in [3.05, 3.63) is 111 Å². The van der Waals surface area contributed by atoms with Crippen LogP contribution >= 0.6 is 11.6 Å². The maximum atomic E-state index is 13.7. The van der Waals surface area contributed by atoms with Crippen molar-refractivity contribution in [2.24, 2.45) is 0 Å². The highest BCUT2D eigenvalue weighted by Crippen LogP contribution is 2.31. The van der Waals surface area contributed by atoms with Crippen LogP contribution in [0.4, 0.5) is 5.69 Å². The number of carbonyl (C=O) groups excluding carboxylic acids is 1. The number of pyridine rings is 2. The molecule has 0 aliphatic heterocycles. The molecule has 0 radical (unpaired) electrons. The summed E-state index contributed by atoms with van der Waals surface area (Å²) in [6.45, 7) is 5.80. The van der Waals surface area contributed by atoms with E-state index < -0.39 is 5.91 Å². The smallest absolute Gasteiger partial charge is 0.261 e. The van der Waals surface area contributed by atoms with Crippen LogP contribution in [0.3, 0.4) is 0 Å². The topological polar surface area (TPSA) is 64.0 Å². The average molecular weight is 458 g/mol. The lowest BCUT2D eigenvalue weighted by Gasteiger charge is -2.22. The number of rotatable bonds is 5. The highest BCUT2D eigenvalue weighted by molar-refractivity contribution is 6.32. The summed E-state index contributed by atoms with van der Waals surface area (Å²) >= 11 is 6.54. The Morgan fingerprint density at radius 2 is 1.76 bits per heavy atom. The number of amides is 1. The van der Waals surface area contributed by atoms with Crippen LogP contribution in [-0.2, 0) is 6.42 Å². The number of anilines is 1. The van der Waals surface area contributed by atoms with E-state index in [4.69, 9.17) is 11.6 Å². The summed E-state index contributed by atoms with van der Waals surface area (Å²) in [5.41, 5.74) is 4.89. The number of benzene rings is 2. The first kappa shape index (κ1) is 22.5. The van der Waals surface area contributed by atoms with E-state index >= 15 is 0 Å². The molecule has 0 atom stereocenters. The Balaban J connectivity index is 2.00. The van der Waals surface area contributed by atoms with Gasteiger partial charge in [0.1, 0.15) is 5.56 Å². The number of aromatic nitrogens is 2. The predicted molar refractivity (Wildman–Crippen MR) is 134 cm³/mol. The van der Waals surface area contributed by atoms with Crippen LogP contribution in [-0.4, -0.2) is 15.5 Å². The Labute approximate surface area is 197 Å². The lowest BCUT2D eigenvalue weighted by molar-refractivity contribution is 0.102. The maximum absolute atomic E-state index is 13.7. The van der Waals surface area contributed by atoms with Gasteiger partial charge in [0.2, 0.25) is 0 Å². The van der Waals surface area contributed by atoms with Gasteiger partial charge in [-0.2, -0.15) is 0 Å². The van der Waals surface area contributed by atoms with Crippen molar-refractivity contribution in [2.45, 2.75) is 27.2 Å². The van der Waals surface area contributed by atoms with Gasteiger partial charge >= 0.3 is 0 Å². The fraction of sp³-hybridized carbons (Fsp3) is 0.148. The van der Waals surface area contributed by atoms with E-state index in [-0.39, 0.29) is 11.0 Å². The molecule has 33 heavy (non-hydrogen) atoms. The molecule has 0 spiro atoms. The minimum Gasteiger partial charge on any atom is -0.321 e. The van der Waals surface area contributed by atoms with Crippen molar-refractivity contribution in [1.82, 2.24) is 9.55 Å². The van der Waals surface area contributed by atoms with E-state index in [0.717, 1.165) is 23.2 Å². The van der Waals surface area contributed by atoms with Crippen molar-refractivity contribution in [3.63, 3.8) is 0 Å². The Bertz CT molecular complexity index is 1390. The summed E-state index contributed by atoms with van der Waals surface area (Å²) in [6, 6.07) is 18.3. The second kappa shape index (κ2) is 9.43. The molecule has 166 valence electrons. The molecular weight excluding hydrogens is 434 g/mol. The van der Waals surface area contributed by atoms with Gasteiger partial charge < -0.3 is 9.88 Å². The summed E-state index contributed by atoms with van der Waals surface area (Å²) in [5.74, 6) is -0.461. The molecule has 0 fully saturated rings. The van der Waals surface area contributed by atoms with Gasteiger partial charge in [0, 0.05) is 35.4 Å². The van der Waals surface area contributed by atoms with Crippen molar-refractivity contribution >= 4 is 23.2 Å². The number of aryl methyl sites for hydroxylation is 3. The van der Waals surface area contributed by atoms with Crippen molar-refractivity contribution in [3.8, 4) is 16.9 Å². The Hall–Kier alpha value is -3.70. The zero-order valence-electron chi connectivity index (χ0n) is 18.7. The number of halogens is 1. The van der Waals surface area contributed by atoms with Crippen LogP contribution in [0, 0.1) is 13.8 Å². The third-order valence-corrected chi connectivity index (χ3v) is 5.97. The van der Waals surface area contributed by atoms with E-state index in [1.807, 2.05) is 61.7 Å². The summed E-state index contributed by atoms with van der Waals surface area (Å²) < 4.78 is 1.85. The molecule has 0 aliphatic rings. The summed E-state index contributed by atoms with van der Waals surface area (Å²) in [4.78, 5) is 31.0. The number of nitrogens with zero attached hydrogens (tertiary/aromatic N) is 2. The number of carbonyl (C=O) groups is 1. The summed E-state index contributed by atoms with van der Waals surface area (Å²) in [6.07, 6.45) is 4.03. The first-order chi connectivity index (χ1) is 15.9. The third kappa shape index (κ3) is 4.32. The van der Waals surface area contributed by atoms with Gasteiger partial charge in [-0.25, -0.2) is 0 Å². The van der Waals surface area contributed by atoms with Crippen LogP contribution in [0.1, 0.15) is 34.1 Å². The van der Waals surface area contributed by atoms with Crippen molar-refractivity contribution in [2.75, 3.05) is 5.32 Å². The Morgan fingerprint density at radius 1 is 1.03 bits per heavy atom. The molecule has 0 saturated heterocycles. The highest BCUT2D eigenvalue weighted by atomic mass is 35.5. The summed E-state index contributed by atoms with van der Waals surface area (Å²) in [7, 11) is 0. The van der Waals surface area contributed by atoms with Crippen LogP contribution in [0.15, 0.2) is 77.9 Å². The van der Waals surface area contributed by atoms with E-state index in [0.29, 0.717) is 27.7 Å². The molecule has 1 amide bonds. The second-order valence-electron chi connectivity index (χ2n) is 7.81. The van der Waals surface area contributed by atoms with E-state index in [1.54, 1.807) is 30.6 Å². The van der Waals surface area contributed by atoms with E-state index in [2.05, 4.69) is 10.3 Å². The maximum Gasteiger partial charge on any atom is 0.261 e. The summed E-state index contributed by atoms with van der Waals surface area (Å²) in [5, 5.41) is 3.52. The molecule has 5 nitrogen and oxygen atoms in total. The molecule has 0 unspecified atom stereocenters. The van der Waals surface area contributed by atoms with Gasteiger partial charge in [0.05, 0.1) is 16.4 Å². The van der Waals surface area contributed by atoms with Gasteiger partial charge in [-0.3, -0.25) is 14.6 Å². The van der Waals surface area contributed by atoms with Crippen LogP contribution in [0.25, 0.3) is 16.9 Å². The zero-order chi connectivity index (χ0) is 23.5. The Kier molecular flexibility index (Phi) is 6.43. The lowest BCUT2D eigenvalue weighted by Crippen LogP contribution is -2.27. The predicted octanol–water partition coefficient (Wildman–Crippen LogP) is 5.98. The van der Waals surface area contributed by atoms with E-state index in [1.165, 1.54) is 6.07 Å². The molecule has 2 heterocycles. The largest absolute Gasteiger partial charge is 0.321 e. The second-order valence-corrected chi connectivity index (χ2v) is 8.22. The van der Waals surface area contributed by atoms with Crippen LogP contribution < -0.4 is 10.7 Å². The highest BCUT2D eigenvalue weighted by Gasteiger charge is 2.24. The SMILES string of the molecule is CCc1cccc(C)c1NC(=O)c1c(-c2ccncc2)n(-c2ccccc2Cl)c(C)cc1=O. The van der Waals surface area contributed by atoms with Crippen LogP contribution in [0.2, 0.25) is 5.02 Å².